The van der Waals surface area contributed by atoms with Crippen LogP contribution in [-0.4, -0.2) is 18.0 Å². The molecule has 11 heavy (non-hydrogen) atoms. The molecule has 0 fully saturated rings. The first-order valence-corrected chi connectivity index (χ1v) is 4.20. The van der Waals surface area contributed by atoms with Crippen LogP contribution in [0, 0.1) is 0 Å². The van der Waals surface area contributed by atoms with E-state index in [9.17, 15) is 4.79 Å². The molecule has 1 unspecified atom stereocenters. The zero-order chi connectivity index (χ0) is 8.27. The van der Waals surface area contributed by atoms with Gasteiger partial charge in [-0.05, 0) is 19.8 Å². The first kappa shape index (κ1) is 8.60. The lowest BCUT2D eigenvalue weighted by Gasteiger charge is -2.05. The van der Waals surface area contributed by atoms with E-state index in [1.165, 1.54) is 0 Å². The van der Waals surface area contributed by atoms with Crippen molar-refractivity contribution < 1.29 is 9.53 Å². The summed E-state index contributed by atoms with van der Waals surface area (Å²) in [4.78, 5) is 11.1. The van der Waals surface area contributed by atoms with Gasteiger partial charge in [0.1, 0.15) is 0 Å². The Morgan fingerprint density at radius 2 is 2.64 bits per heavy atom. The SMILES string of the molecule is CCOC(=O)C1=CCCC1Cl. The lowest BCUT2D eigenvalue weighted by atomic mass is 10.2. The van der Waals surface area contributed by atoms with Gasteiger partial charge >= 0.3 is 5.97 Å². The smallest absolute Gasteiger partial charge is 0.335 e. The first-order valence-electron chi connectivity index (χ1n) is 3.77. The Hall–Kier alpha value is -0.500. The van der Waals surface area contributed by atoms with Crippen molar-refractivity contribution in [2.24, 2.45) is 0 Å². The highest BCUT2D eigenvalue weighted by Crippen LogP contribution is 2.24. The Morgan fingerprint density at radius 1 is 1.91 bits per heavy atom. The molecular weight excluding hydrogens is 164 g/mol. The molecule has 3 heteroatoms. The van der Waals surface area contributed by atoms with Gasteiger partial charge in [0.05, 0.1) is 17.6 Å². The highest BCUT2D eigenvalue weighted by molar-refractivity contribution is 6.25. The normalized spacial score (nSPS) is 23.1. The molecule has 62 valence electrons. The zero-order valence-corrected chi connectivity index (χ0v) is 7.23. The standard InChI is InChI=1S/C8H11ClO2/c1-2-11-8(10)6-4-3-5-7(6)9/h4,7H,2-3,5H2,1H3. The third-order valence-electron chi connectivity index (χ3n) is 1.63. The second-order valence-corrected chi connectivity index (χ2v) is 2.95. The summed E-state index contributed by atoms with van der Waals surface area (Å²) >= 11 is 5.84. The number of carbonyl (C=O) groups is 1. The summed E-state index contributed by atoms with van der Waals surface area (Å²) in [5.74, 6) is -0.259. The van der Waals surface area contributed by atoms with E-state index in [0.29, 0.717) is 12.2 Å². The van der Waals surface area contributed by atoms with E-state index in [1.54, 1.807) is 6.92 Å². The van der Waals surface area contributed by atoms with Gasteiger partial charge in [-0.25, -0.2) is 4.79 Å². The number of hydrogen-bond donors (Lipinski definition) is 0. The van der Waals surface area contributed by atoms with Crippen LogP contribution in [-0.2, 0) is 9.53 Å². The summed E-state index contributed by atoms with van der Waals surface area (Å²) in [7, 11) is 0. The third kappa shape index (κ3) is 1.96. The summed E-state index contributed by atoms with van der Waals surface area (Å²) < 4.78 is 4.80. The molecule has 0 amide bonds. The number of esters is 1. The predicted octanol–water partition coefficient (Wildman–Crippen LogP) is 1.88. The summed E-state index contributed by atoms with van der Waals surface area (Å²) in [5.41, 5.74) is 0.633. The van der Waals surface area contributed by atoms with E-state index in [4.69, 9.17) is 16.3 Å². The molecule has 1 rings (SSSR count). The van der Waals surface area contributed by atoms with Crippen molar-refractivity contribution >= 4 is 17.6 Å². The van der Waals surface area contributed by atoms with Gasteiger partial charge in [-0.3, -0.25) is 0 Å². The molecule has 0 saturated carbocycles. The third-order valence-corrected chi connectivity index (χ3v) is 2.09. The van der Waals surface area contributed by atoms with Crippen molar-refractivity contribution in [3.05, 3.63) is 11.6 Å². The number of halogens is 1. The van der Waals surface area contributed by atoms with Gasteiger partial charge in [-0.15, -0.1) is 11.6 Å². The first-order chi connectivity index (χ1) is 5.25. The molecule has 1 aliphatic carbocycles. The van der Waals surface area contributed by atoms with Crippen LogP contribution >= 0.6 is 11.6 Å². The van der Waals surface area contributed by atoms with Crippen molar-refractivity contribution in [2.45, 2.75) is 25.1 Å². The van der Waals surface area contributed by atoms with Crippen LogP contribution in [0.4, 0.5) is 0 Å². The molecule has 1 aliphatic rings. The minimum atomic E-state index is -0.259. The fraction of sp³-hybridized carbons (Fsp3) is 0.625. The topological polar surface area (TPSA) is 26.3 Å². The van der Waals surface area contributed by atoms with Crippen molar-refractivity contribution in [3.8, 4) is 0 Å². The molecule has 0 aromatic rings. The van der Waals surface area contributed by atoms with Crippen molar-refractivity contribution in [3.63, 3.8) is 0 Å². The maximum absolute atomic E-state index is 11.1. The number of alkyl halides is 1. The Morgan fingerprint density at radius 3 is 3.09 bits per heavy atom. The monoisotopic (exact) mass is 174 g/mol. The maximum atomic E-state index is 11.1. The molecule has 0 aromatic heterocycles. The zero-order valence-electron chi connectivity index (χ0n) is 6.47. The van der Waals surface area contributed by atoms with Crippen LogP contribution in [0.1, 0.15) is 19.8 Å². The number of ether oxygens (including phenoxy) is 1. The van der Waals surface area contributed by atoms with Gasteiger partial charge in [0, 0.05) is 0 Å². The Kier molecular flexibility index (Phi) is 2.94. The van der Waals surface area contributed by atoms with Crippen LogP contribution < -0.4 is 0 Å². The maximum Gasteiger partial charge on any atom is 0.335 e. The average Bonchev–Trinajstić information content (AvgIpc) is 2.36. The minimum absolute atomic E-state index is 0.131. The fourth-order valence-corrected chi connectivity index (χ4v) is 1.40. The summed E-state index contributed by atoms with van der Waals surface area (Å²) in [5, 5.41) is -0.131. The molecule has 0 N–H and O–H groups in total. The van der Waals surface area contributed by atoms with E-state index in [1.807, 2.05) is 6.08 Å². The molecule has 1 atom stereocenters. The lowest BCUT2D eigenvalue weighted by Crippen LogP contribution is -2.12. The average molecular weight is 175 g/mol. The van der Waals surface area contributed by atoms with Crippen molar-refractivity contribution in [2.75, 3.05) is 6.61 Å². The predicted molar refractivity (Wildman–Crippen MR) is 43.6 cm³/mol. The Balaban J connectivity index is 2.52. The molecule has 0 bridgehead atoms. The molecule has 2 nitrogen and oxygen atoms in total. The van der Waals surface area contributed by atoms with Gasteiger partial charge < -0.3 is 4.74 Å². The van der Waals surface area contributed by atoms with Crippen molar-refractivity contribution in [1.29, 1.82) is 0 Å². The van der Waals surface area contributed by atoms with E-state index >= 15 is 0 Å². The van der Waals surface area contributed by atoms with Crippen molar-refractivity contribution in [1.82, 2.24) is 0 Å². The molecule has 0 heterocycles. The molecular formula is C8H11ClO2. The molecule has 0 spiro atoms. The lowest BCUT2D eigenvalue weighted by molar-refractivity contribution is -0.138. The fourth-order valence-electron chi connectivity index (χ4n) is 1.09. The minimum Gasteiger partial charge on any atom is -0.463 e. The summed E-state index contributed by atoms with van der Waals surface area (Å²) in [6.07, 6.45) is 3.60. The Bertz CT molecular complexity index is 187. The van der Waals surface area contributed by atoms with Gasteiger partial charge in [-0.1, -0.05) is 6.08 Å². The number of hydrogen-bond acceptors (Lipinski definition) is 2. The van der Waals surface area contributed by atoms with Crippen LogP contribution in [0.5, 0.6) is 0 Å². The van der Waals surface area contributed by atoms with E-state index in [-0.39, 0.29) is 11.3 Å². The highest BCUT2D eigenvalue weighted by atomic mass is 35.5. The number of allylic oxidation sites excluding steroid dienone is 1. The van der Waals surface area contributed by atoms with E-state index in [0.717, 1.165) is 12.8 Å². The van der Waals surface area contributed by atoms with Gasteiger partial charge in [0.15, 0.2) is 0 Å². The van der Waals surface area contributed by atoms with Crippen LogP contribution in [0.25, 0.3) is 0 Å². The molecule has 0 aromatic carbocycles. The van der Waals surface area contributed by atoms with Gasteiger partial charge in [-0.2, -0.15) is 0 Å². The number of rotatable bonds is 2. The van der Waals surface area contributed by atoms with Gasteiger partial charge in [0.2, 0.25) is 0 Å². The van der Waals surface area contributed by atoms with E-state index in [2.05, 4.69) is 0 Å². The van der Waals surface area contributed by atoms with E-state index < -0.39 is 0 Å². The Labute approximate surface area is 71.2 Å². The molecule has 0 radical (unpaired) electrons. The van der Waals surface area contributed by atoms with Crippen LogP contribution in [0.15, 0.2) is 11.6 Å². The van der Waals surface area contributed by atoms with Crippen LogP contribution in [0.2, 0.25) is 0 Å². The quantitative estimate of drug-likeness (QED) is 0.472. The largest absolute Gasteiger partial charge is 0.463 e. The van der Waals surface area contributed by atoms with Crippen LogP contribution in [0.3, 0.4) is 0 Å². The molecule has 0 aliphatic heterocycles. The number of carbonyl (C=O) groups excluding carboxylic acids is 1. The molecule has 0 saturated heterocycles. The highest BCUT2D eigenvalue weighted by Gasteiger charge is 2.23. The summed E-state index contributed by atoms with van der Waals surface area (Å²) in [6, 6.07) is 0. The second-order valence-electron chi connectivity index (χ2n) is 2.42. The summed E-state index contributed by atoms with van der Waals surface area (Å²) in [6.45, 7) is 2.20. The second kappa shape index (κ2) is 3.77. The van der Waals surface area contributed by atoms with Gasteiger partial charge in [0.25, 0.3) is 0 Å².